The maximum absolute atomic E-state index is 11.3. The molecule has 0 N–H and O–H groups in total. The Bertz CT molecular complexity index is 646. The van der Waals surface area contributed by atoms with E-state index in [0.717, 1.165) is 16.2 Å². The fourth-order valence-electron chi connectivity index (χ4n) is 1.76. The molecule has 0 aliphatic carbocycles. The van der Waals surface area contributed by atoms with Gasteiger partial charge in [0.1, 0.15) is 0 Å². The van der Waals surface area contributed by atoms with Gasteiger partial charge in [-0.05, 0) is 51.0 Å². The summed E-state index contributed by atoms with van der Waals surface area (Å²) in [7, 11) is 1.68. The van der Waals surface area contributed by atoms with E-state index in [1.165, 1.54) is 16.5 Å². The summed E-state index contributed by atoms with van der Waals surface area (Å²) in [5.74, 6) is -0.308. The highest BCUT2D eigenvalue weighted by Crippen LogP contribution is 2.29. The number of aryl methyl sites for hydroxylation is 1. The first-order valence-electron chi connectivity index (χ1n) is 7.48. The van der Waals surface area contributed by atoms with Gasteiger partial charge in [-0.1, -0.05) is 41.2 Å². The number of allylic oxidation sites excluding steroid dienone is 6. The zero-order valence-corrected chi connectivity index (χ0v) is 15.2. The fraction of sp³-hybridized carbons (Fsp3) is 0.316. The van der Waals surface area contributed by atoms with Gasteiger partial charge in [-0.15, -0.1) is 0 Å². The van der Waals surface area contributed by atoms with E-state index >= 15 is 0 Å². The van der Waals surface area contributed by atoms with Crippen LogP contribution >= 0.6 is 11.3 Å². The molecule has 0 fully saturated rings. The van der Waals surface area contributed by atoms with E-state index in [1.807, 2.05) is 38.1 Å². The van der Waals surface area contributed by atoms with Crippen LogP contribution in [-0.4, -0.2) is 19.7 Å². The minimum atomic E-state index is -0.308. The van der Waals surface area contributed by atoms with Gasteiger partial charge in [0.05, 0.1) is 13.7 Å². The summed E-state index contributed by atoms with van der Waals surface area (Å²) in [4.78, 5) is 12.5. The molecule has 23 heavy (non-hydrogen) atoms. The molecular formula is C19H24O3S. The van der Waals surface area contributed by atoms with Crippen LogP contribution in [0.3, 0.4) is 0 Å². The summed E-state index contributed by atoms with van der Waals surface area (Å²) in [5.41, 5.74) is 3.19. The van der Waals surface area contributed by atoms with Gasteiger partial charge in [0.2, 0.25) is 0 Å². The van der Waals surface area contributed by atoms with E-state index in [1.54, 1.807) is 25.4 Å². The standard InChI is InChI=1S/C19H24O3S/c1-6-22-18(20)12-15(3)9-7-8-14(2)10-11-17-16(4)13-19(21-5)23-17/h7-13H,6H2,1-5H3/b9-7?,11-10?,14-8?,15-12+. The quantitative estimate of drug-likeness (QED) is 0.396. The fourth-order valence-corrected chi connectivity index (χ4v) is 2.66. The average molecular weight is 332 g/mol. The van der Waals surface area contributed by atoms with Crippen molar-refractivity contribution < 1.29 is 14.3 Å². The second-order valence-electron chi connectivity index (χ2n) is 5.06. The first-order valence-corrected chi connectivity index (χ1v) is 8.30. The molecule has 0 aliphatic heterocycles. The Hall–Kier alpha value is -2.07. The summed E-state index contributed by atoms with van der Waals surface area (Å²) in [6.45, 7) is 8.16. The Balaban J connectivity index is 2.66. The summed E-state index contributed by atoms with van der Waals surface area (Å²) >= 11 is 1.63. The van der Waals surface area contributed by atoms with Crippen LogP contribution in [0.15, 0.2) is 47.6 Å². The van der Waals surface area contributed by atoms with Crippen LogP contribution in [0.2, 0.25) is 0 Å². The minimum absolute atomic E-state index is 0.308. The van der Waals surface area contributed by atoms with Gasteiger partial charge in [-0.3, -0.25) is 0 Å². The number of carbonyl (C=O) groups is 1. The van der Waals surface area contributed by atoms with Crippen molar-refractivity contribution >= 4 is 23.4 Å². The number of carbonyl (C=O) groups excluding carboxylic acids is 1. The van der Waals surface area contributed by atoms with Crippen LogP contribution in [0.1, 0.15) is 31.2 Å². The molecule has 0 unspecified atom stereocenters. The van der Waals surface area contributed by atoms with E-state index in [4.69, 9.17) is 9.47 Å². The smallest absolute Gasteiger partial charge is 0.330 e. The van der Waals surface area contributed by atoms with Crippen LogP contribution in [-0.2, 0) is 9.53 Å². The number of hydrogen-bond donors (Lipinski definition) is 0. The molecule has 1 aromatic heterocycles. The average Bonchev–Trinajstić information content (AvgIpc) is 2.85. The Morgan fingerprint density at radius 3 is 2.61 bits per heavy atom. The lowest BCUT2D eigenvalue weighted by molar-refractivity contribution is -0.137. The van der Waals surface area contributed by atoms with Gasteiger partial charge in [0.15, 0.2) is 5.06 Å². The monoisotopic (exact) mass is 332 g/mol. The molecule has 0 aliphatic rings. The van der Waals surface area contributed by atoms with E-state index in [-0.39, 0.29) is 5.97 Å². The lowest BCUT2D eigenvalue weighted by Crippen LogP contribution is -1.99. The molecule has 1 aromatic rings. The number of hydrogen-bond acceptors (Lipinski definition) is 4. The molecule has 1 heterocycles. The lowest BCUT2D eigenvalue weighted by atomic mass is 10.2. The number of ether oxygens (including phenoxy) is 2. The van der Waals surface area contributed by atoms with Gasteiger partial charge in [-0.2, -0.15) is 0 Å². The van der Waals surface area contributed by atoms with Gasteiger partial charge in [0.25, 0.3) is 0 Å². The second-order valence-corrected chi connectivity index (χ2v) is 6.11. The van der Waals surface area contributed by atoms with E-state index in [0.29, 0.717) is 6.61 Å². The summed E-state index contributed by atoms with van der Waals surface area (Å²) in [5, 5.41) is 0.920. The maximum Gasteiger partial charge on any atom is 0.330 e. The molecule has 0 amide bonds. The highest BCUT2D eigenvalue weighted by molar-refractivity contribution is 7.14. The third kappa shape index (κ3) is 7.15. The highest BCUT2D eigenvalue weighted by atomic mass is 32.1. The van der Waals surface area contributed by atoms with Crippen LogP contribution in [0.25, 0.3) is 6.08 Å². The second kappa shape index (κ2) is 9.85. The zero-order chi connectivity index (χ0) is 17.2. The topological polar surface area (TPSA) is 35.5 Å². The van der Waals surface area contributed by atoms with Crippen LogP contribution in [0.4, 0.5) is 0 Å². The first kappa shape index (κ1) is 19.0. The van der Waals surface area contributed by atoms with Crippen LogP contribution in [0.5, 0.6) is 5.06 Å². The molecule has 0 radical (unpaired) electrons. The number of esters is 1. The van der Waals surface area contributed by atoms with E-state index in [2.05, 4.69) is 19.1 Å². The molecule has 0 spiro atoms. The predicted octanol–water partition coefficient (Wildman–Crippen LogP) is 5.09. The molecular weight excluding hydrogens is 308 g/mol. The molecule has 0 saturated heterocycles. The molecule has 0 atom stereocenters. The molecule has 3 nitrogen and oxygen atoms in total. The van der Waals surface area contributed by atoms with Crippen molar-refractivity contribution in [3.05, 3.63) is 58.0 Å². The van der Waals surface area contributed by atoms with Crippen molar-refractivity contribution in [2.75, 3.05) is 13.7 Å². The van der Waals surface area contributed by atoms with Gasteiger partial charge >= 0.3 is 5.97 Å². The summed E-state index contributed by atoms with van der Waals surface area (Å²) < 4.78 is 10.1. The van der Waals surface area contributed by atoms with Gasteiger partial charge < -0.3 is 9.47 Å². The van der Waals surface area contributed by atoms with Crippen LogP contribution < -0.4 is 4.74 Å². The first-order chi connectivity index (χ1) is 11.0. The predicted molar refractivity (Wildman–Crippen MR) is 97.9 cm³/mol. The van der Waals surface area contributed by atoms with E-state index < -0.39 is 0 Å². The van der Waals surface area contributed by atoms with Gasteiger partial charge in [-0.25, -0.2) is 4.79 Å². The Labute approximate surface area is 142 Å². The van der Waals surface area contributed by atoms with Crippen molar-refractivity contribution in [1.29, 1.82) is 0 Å². The van der Waals surface area contributed by atoms with Crippen molar-refractivity contribution in [3.8, 4) is 5.06 Å². The largest absolute Gasteiger partial charge is 0.487 e. The highest BCUT2D eigenvalue weighted by Gasteiger charge is 2.01. The number of rotatable bonds is 7. The Kier molecular flexibility index (Phi) is 8.13. The molecule has 1 rings (SSSR count). The third-order valence-corrected chi connectivity index (χ3v) is 4.15. The van der Waals surface area contributed by atoms with Crippen molar-refractivity contribution in [1.82, 2.24) is 0 Å². The SMILES string of the molecule is CCOC(=O)/C=C(\C)C=CC=C(C)C=Cc1sc(OC)cc1C. The van der Waals surface area contributed by atoms with Crippen molar-refractivity contribution in [2.45, 2.75) is 27.7 Å². The third-order valence-electron chi connectivity index (χ3n) is 2.98. The van der Waals surface area contributed by atoms with Crippen molar-refractivity contribution in [3.63, 3.8) is 0 Å². The molecule has 0 aromatic carbocycles. The minimum Gasteiger partial charge on any atom is -0.487 e. The molecule has 124 valence electrons. The molecule has 0 saturated carbocycles. The Morgan fingerprint density at radius 1 is 1.26 bits per heavy atom. The van der Waals surface area contributed by atoms with Gasteiger partial charge in [0, 0.05) is 11.0 Å². The molecule has 0 bridgehead atoms. The summed E-state index contributed by atoms with van der Waals surface area (Å²) in [6.07, 6.45) is 11.4. The van der Waals surface area contributed by atoms with Crippen LogP contribution in [0, 0.1) is 6.92 Å². The summed E-state index contributed by atoms with van der Waals surface area (Å²) in [6, 6.07) is 2.03. The zero-order valence-electron chi connectivity index (χ0n) is 14.4. The maximum atomic E-state index is 11.3. The Morgan fingerprint density at radius 2 is 2.00 bits per heavy atom. The lowest BCUT2D eigenvalue weighted by Gasteiger charge is -1.96. The normalized spacial score (nSPS) is 13.1. The van der Waals surface area contributed by atoms with Crippen molar-refractivity contribution in [2.24, 2.45) is 0 Å². The number of methoxy groups -OCH3 is 1. The number of thiophene rings is 1. The molecule has 4 heteroatoms. The van der Waals surface area contributed by atoms with E-state index in [9.17, 15) is 4.79 Å².